The number of hydrogen-bond donors (Lipinski definition) is 1. The summed E-state index contributed by atoms with van der Waals surface area (Å²) in [5.74, 6) is -0.154. The van der Waals surface area contributed by atoms with Crippen molar-refractivity contribution < 1.29 is 38.4 Å². The Morgan fingerprint density at radius 1 is 0.737 bits per heavy atom. The molecule has 0 aliphatic carbocycles. The molecule has 1 N–H and O–H groups in total. The molecule has 0 radical (unpaired) electrons. The quantitative estimate of drug-likeness (QED) is 0.260. The molecule has 1 amide bonds. The van der Waals surface area contributed by atoms with Gasteiger partial charge >= 0.3 is 0 Å². The van der Waals surface area contributed by atoms with Crippen LogP contribution >= 0.6 is 0 Å². The first-order valence-electron chi connectivity index (χ1n) is 11.7. The number of carbonyl (C=O) groups is 2. The lowest BCUT2D eigenvalue weighted by molar-refractivity contribution is -0.132. The van der Waals surface area contributed by atoms with Crippen LogP contribution in [0.5, 0.6) is 28.7 Å². The van der Waals surface area contributed by atoms with Gasteiger partial charge in [0.15, 0.2) is 23.0 Å². The number of methoxy groups -OCH3 is 5. The van der Waals surface area contributed by atoms with E-state index in [4.69, 9.17) is 23.7 Å². The van der Waals surface area contributed by atoms with Gasteiger partial charge in [-0.1, -0.05) is 17.7 Å². The van der Waals surface area contributed by atoms with Gasteiger partial charge < -0.3 is 28.8 Å². The number of anilines is 1. The van der Waals surface area contributed by atoms with Crippen LogP contribution in [-0.4, -0.2) is 52.3 Å². The van der Waals surface area contributed by atoms with E-state index in [1.54, 1.807) is 42.5 Å². The van der Waals surface area contributed by atoms with Gasteiger partial charge in [0.1, 0.15) is 5.76 Å². The SMILES string of the molecule is COc1ccc(/C(O)=C2\C(=O)C(=O)N(c3ccc(C)cc3)C2c2cc(OC)c(OC)c(OC)c2)cc1OC. The standard InChI is InChI=1S/C29H29NO8/c1-16-7-10-19(11-8-16)30-25(18-14-22(36-4)28(38-6)23(15-18)37-5)24(27(32)29(30)33)26(31)17-9-12-20(34-2)21(13-17)35-3/h7-15,25,31H,1-6H3/b26-24+. The number of carbonyl (C=O) groups excluding carboxylic acids is 2. The fourth-order valence-electron chi connectivity index (χ4n) is 4.52. The van der Waals surface area contributed by atoms with Crippen molar-refractivity contribution in [2.45, 2.75) is 13.0 Å². The van der Waals surface area contributed by atoms with Crippen LogP contribution in [0.1, 0.15) is 22.7 Å². The number of benzene rings is 3. The van der Waals surface area contributed by atoms with Crippen LogP contribution in [0.4, 0.5) is 5.69 Å². The molecule has 9 nitrogen and oxygen atoms in total. The monoisotopic (exact) mass is 519 g/mol. The molecule has 1 saturated heterocycles. The molecule has 3 aromatic carbocycles. The van der Waals surface area contributed by atoms with E-state index in [1.165, 1.54) is 40.4 Å². The number of ketones is 1. The zero-order valence-electron chi connectivity index (χ0n) is 22.0. The molecular formula is C29H29NO8. The number of aliphatic hydroxyl groups is 1. The van der Waals surface area contributed by atoms with Gasteiger partial charge in [-0.2, -0.15) is 0 Å². The van der Waals surface area contributed by atoms with Crippen LogP contribution in [0, 0.1) is 6.92 Å². The number of aliphatic hydroxyl groups excluding tert-OH is 1. The number of amides is 1. The first-order chi connectivity index (χ1) is 18.3. The second-order valence-electron chi connectivity index (χ2n) is 8.53. The van der Waals surface area contributed by atoms with Gasteiger partial charge in [-0.15, -0.1) is 0 Å². The molecule has 1 aliphatic heterocycles. The molecule has 1 unspecified atom stereocenters. The number of aryl methyl sites for hydroxylation is 1. The highest BCUT2D eigenvalue weighted by Gasteiger charge is 2.47. The first kappa shape index (κ1) is 26.4. The van der Waals surface area contributed by atoms with E-state index in [-0.39, 0.29) is 16.9 Å². The van der Waals surface area contributed by atoms with Crippen LogP contribution in [-0.2, 0) is 9.59 Å². The second kappa shape index (κ2) is 10.8. The van der Waals surface area contributed by atoms with Crippen LogP contribution < -0.4 is 28.6 Å². The molecule has 1 heterocycles. The Kier molecular flexibility index (Phi) is 7.47. The summed E-state index contributed by atoms with van der Waals surface area (Å²) >= 11 is 0. The Morgan fingerprint density at radius 2 is 1.32 bits per heavy atom. The molecule has 1 atom stereocenters. The van der Waals surface area contributed by atoms with Gasteiger partial charge in [0.25, 0.3) is 11.7 Å². The highest BCUT2D eigenvalue weighted by Crippen LogP contribution is 2.47. The predicted molar refractivity (Wildman–Crippen MR) is 142 cm³/mol. The van der Waals surface area contributed by atoms with Crippen molar-refractivity contribution in [3.63, 3.8) is 0 Å². The van der Waals surface area contributed by atoms with Crippen molar-refractivity contribution in [2.24, 2.45) is 0 Å². The minimum atomic E-state index is -1.00. The van der Waals surface area contributed by atoms with Crippen LogP contribution in [0.2, 0.25) is 0 Å². The predicted octanol–water partition coefficient (Wildman–Crippen LogP) is 4.66. The summed E-state index contributed by atoms with van der Waals surface area (Å²) in [4.78, 5) is 28.3. The Morgan fingerprint density at radius 3 is 1.84 bits per heavy atom. The zero-order valence-corrected chi connectivity index (χ0v) is 22.0. The molecule has 3 aromatic rings. The molecule has 4 rings (SSSR count). The average molecular weight is 520 g/mol. The molecule has 1 aliphatic rings. The fourth-order valence-corrected chi connectivity index (χ4v) is 4.52. The van der Waals surface area contributed by atoms with E-state index in [0.717, 1.165) is 5.56 Å². The molecule has 0 saturated carbocycles. The summed E-state index contributed by atoms with van der Waals surface area (Å²) in [6, 6.07) is 14.2. The lowest BCUT2D eigenvalue weighted by atomic mass is 9.94. The molecule has 0 spiro atoms. The third kappa shape index (κ3) is 4.47. The van der Waals surface area contributed by atoms with Gasteiger partial charge in [0.05, 0.1) is 47.2 Å². The second-order valence-corrected chi connectivity index (χ2v) is 8.53. The summed E-state index contributed by atoms with van der Waals surface area (Å²) < 4.78 is 27.2. The van der Waals surface area contributed by atoms with Crippen molar-refractivity contribution in [1.82, 2.24) is 0 Å². The molecule has 198 valence electrons. The van der Waals surface area contributed by atoms with Crippen LogP contribution in [0.15, 0.2) is 60.2 Å². The Bertz CT molecular complexity index is 1390. The molecule has 1 fully saturated rings. The average Bonchev–Trinajstić information content (AvgIpc) is 3.21. The highest BCUT2D eigenvalue weighted by molar-refractivity contribution is 6.51. The third-order valence-electron chi connectivity index (χ3n) is 6.42. The number of hydrogen-bond acceptors (Lipinski definition) is 8. The maximum absolute atomic E-state index is 13.5. The number of Topliss-reactive ketones (excluding diaryl/α,β-unsaturated/α-hetero) is 1. The van der Waals surface area contributed by atoms with Gasteiger partial charge in [-0.3, -0.25) is 14.5 Å². The number of ether oxygens (including phenoxy) is 5. The number of nitrogens with zero attached hydrogens (tertiary/aromatic N) is 1. The largest absolute Gasteiger partial charge is 0.507 e. The highest BCUT2D eigenvalue weighted by atomic mass is 16.5. The lowest BCUT2D eigenvalue weighted by Crippen LogP contribution is -2.29. The van der Waals surface area contributed by atoms with Crippen LogP contribution in [0.3, 0.4) is 0 Å². The van der Waals surface area contributed by atoms with E-state index >= 15 is 0 Å². The minimum absolute atomic E-state index is 0.0999. The third-order valence-corrected chi connectivity index (χ3v) is 6.42. The molecular weight excluding hydrogens is 490 g/mol. The summed E-state index contributed by atoms with van der Waals surface area (Å²) in [7, 11) is 7.39. The zero-order chi connectivity index (χ0) is 27.6. The number of rotatable bonds is 8. The lowest BCUT2D eigenvalue weighted by Gasteiger charge is -2.26. The maximum atomic E-state index is 13.5. The smallest absolute Gasteiger partial charge is 0.300 e. The van der Waals surface area contributed by atoms with E-state index in [2.05, 4.69) is 0 Å². The van der Waals surface area contributed by atoms with E-state index in [0.29, 0.717) is 40.0 Å². The van der Waals surface area contributed by atoms with Crippen molar-refractivity contribution in [1.29, 1.82) is 0 Å². The molecule has 38 heavy (non-hydrogen) atoms. The molecule has 0 aromatic heterocycles. The molecule has 9 heteroatoms. The van der Waals surface area contributed by atoms with Gasteiger partial charge in [-0.25, -0.2) is 0 Å². The normalized spacial score (nSPS) is 16.4. The van der Waals surface area contributed by atoms with Crippen LogP contribution in [0.25, 0.3) is 5.76 Å². The van der Waals surface area contributed by atoms with Crippen molar-refractivity contribution in [3.8, 4) is 28.7 Å². The summed E-state index contributed by atoms with van der Waals surface area (Å²) in [6.45, 7) is 1.92. The topological polar surface area (TPSA) is 104 Å². The van der Waals surface area contributed by atoms with Crippen molar-refractivity contribution >= 4 is 23.1 Å². The summed E-state index contributed by atoms with van der Waals surface area (Å²) in [5.41, 5.74) is 2.13. The van der Waals surface area contributed by atoms with Gasteiger partial charge in [-0.05, 0) is 55.0 Å². The first-order valence-corrected chi connectivity index (χ1v) is 11.7. The fraction of sp³-hybridized carbons (Fsp3) is 0.241. The Labute approximate surface area is 220 Å². The Hall–Kier alpha value is -4.66. The Balaban J connectivity index is 2.01. The van der Waals surface area contributed by atoms with Gasteiger partial charge in [0, 0.05) is 11.3 Å². The van der Waals surface area contributed by atoms with E-state index < -0.39 is 17.7 Å². The van der Waals surface area contributed by atoms with E-state index in [9.17, 15) is 14.7 Å². The van der Waals surface area contributed by atoms with Crippen molar-refractivity contribution in [3.05, 3.63) is 76.9 Å². The minimum Gasteiger partial charge on any atom is -0.507 e. The summed E-state index contributed by atoms with van der Waals surface area (Å²) in [6.07, 6.45) is 0. The molecule has 0 bridgehead atoms. The van der Waals surface area contributed by atoms with Crippen molar-refractivity contribution in [2.75, 3.05) is 40.4 Å². The van der Waals surface area contributed by atoms with Gasteiger partial charge in [0.2, 0.25) is 5.75 Å². The summed E-state index contributed by atoms with van der Waals surface area (Å²) in [5, 5.41) is 11.5. The van der Waals surface area contributed by atoms with E-state index in [1.807, 2.05) is 19.1 Å². The maximum Gasteiger partial charge on any atom is 0.300 e.